The first-order chi connectivity index (χ1) is 7.00. The minimum atomic E-state index is -1.12. The molecule has 1 aliphatic heterocycles. The number of aliphatic hydroxyl groups excluding tert-OH is 1. The first-order valence-corrected chi connectivity index (χ1v) is 5.62. The predicted octanol–water partition coefficient (Wildman–Crippen LogP) is 1.65. The zero-order valence-corrected chi connectivity index (χ0v) is 10.2. The van der Waals surface area contributed by atoms with Gasteiger partial charge < -0.3 is 10.0 Å². The lowest BCUT2D eigenvalue weighted by Crippen LogP contribution is -2.46. The van der Waals surface area contributed by atoms with Crippen LogP contribution in [0.2, 0.25) is 0 Å². The molecule has 0 fully saturated rings. The smallest absolute Gasteiger partial charge is 0.195 e. The quantitative estimate of drug-likeness (QED) is 0.744. The van der Waals surface area contributed by atoms with Crippen molar-refractivity contribution in [2.75, 3.05) is 6.54 Å². The normalized spacial score (nSPS) is 22.7. The molecule has 1 atom stereocenters. The Labute approximate surface area is 95.8 Å². The van der Waals surface area contributed by atoms with E-state index in [1.807, 2.05) is 11.8 Å². The van der Waals surface area contributed by atoms with Crippen LogP contribution in [0.15, 0.2) is 11.3 Å². The Hall–Kier alpha value is -0.740. The Morgan fingerprint density at radius 1 is 1.47 bits per heavy atom. The minimum absolute atomic E-state index is 0.259. The molecule has 1 aliphatic rings. The highest BCUT2D eigenvalue weighted by atomic mass is 32.1. The number of Topliss-reactive ketones (excluding diaryl/α,β-unsaturated/α-hetero) is 1. The van der Waals surface area contributed by atoms with E-state index in [0.29, 0.717) is 10.6 Å². The Morgan fingerprint density at radius 2 is 2.07 bits per heavy atom. The average molecular weight is 227 g/mol. The second-order valence-electron chi connectivity index (χ2n) is 3.82. The molecule has 84 valence electrons. The Kier molecular flexibility index (Phi) is 3.99. The molecule has 4 heteroatoms. The topological polar surface area (TPSA) is 40.5 Å². The molecule has 0 saturated heterocycles. The van der Waals surface area contributed by atoms with Crippen molar-refractivity contribution >= 4 is 23.0 Å². The fourth-order valence-corrected chi connectivity index (χ4v) is 1.94. The summed E-state index contributed by atoms with van der Waals surface area (Å²) in [5, 5.41) is 9.64. The molecule has 1 heterocycles. The molecule has 0 aliphatic carbocycles. The molecule has 0 saturated carbocycles. The van der Waals surface area contributed by atoms with Gasteiger partial charge in [0.15, 0.2) is 11.9 Å². The van der Waals surface area contributed by atoms with Crippen molar-refractivity contribution in [2.45, 2.75) is 39.7 Å². The number of hydrogen-bond acceptors (Lipinski definition) is 3. The molecule has 0 spiro atoms. The third-order valence-corrected chi connectivity index (χ3v) is 3.24. The first-order valence-electron chi connectivity index (χ1n) is 5.21. The van der Waals surface area contributed by atoms with Gasteiger partial charge in [-0.2, -0.15) is 0 Å². The number of nitrogens with zero attached hydrogens (tertiary/aromatic N) is 1. The van der Waals surface area contributed by atoms with Gasteiger partial charge in [-0.05, 0) is 20.3 Å². The number of unbranched alkanes of at least 4 members (excludes halogenated alkanes) is 1. The number of thiocarbonyl (C=S) groups is 1. The van der Waals surface area contributed by atoms with Crippen LogP contribution in [0.4, 0.5) is 0 Å². The van der Waals surface area contributed by atoms with Gasteiger partial charge in [0.05, 0.1) is 0 Å². The van der Waals surface area contributed by atoms with Crippen LogP contribution in [0.5, 0.6) is 0 Å². The highest BCUT2D eigenvalue weighted by Crippen LogP contribution is 2.21. The van der Waals surface area contributed by atoms with Gasteiger partial charge in [-0.15, -0.1) is 0 Å². The van der Waals surface area contributed by atoms with E-state index in [0.717, 1.165) is 25.1 Å². The third-order valence-electron chi connectivity index (χ3n) is 2.80. The van der Waals surface area contributed by atoms with E-state index in [9.17, 15) is 9.90 Å². The zero-order valence-electron chi connectivity index (χ0n) is 9.41. The lowest BCUT2D eigenvalue weighted by Gasteiger charge is -2.33. The van der Waals surface area contributed by atoms with Crippen LogP contribution in [0.3, 0.4) is 0 Å². The van der Waals surface area contributed by atoms with Crippen molar-refractivity contribution in [3.05, 3.63) is 11.3 Å². The maximum atomic E-state index is 11.5. The number of carbonyl (C=O) groups is 1. The van der Waals surface area contributed by atoms with Crippen molar-refractivity contribution in [3.8, 4) is 0 Å². The van der Waals surface area contributed by atoms with Gasteiger partial charge in [-0.25, -0.2) is 0 Å². The van der Waals surface area contributed by atoms with Crippen molar-refractivity contribution in [1.29, 1.82) is 0 Å². The zero-order chi connectivity index (χ0) is 11.6. The summed E-state index contributed by atoms with van der Waals surface area (Å²) in [5.74, 6) is -0.259. The van der Waals surface area contributed by atoms with E-state index in [1.165, 1.54) is 0 Å². The monoisotopic (exact) mass is 227 g/mol. The van der Waals surface area contributed by atoms with Crippen molar-refractivity contribution < 1.29 is 9.90 Å². The fraction of sp³-hybridized carbons (Fsp3) is 0.636. The lowest BCUT2D eigenvalue weighted by atomic mass is 10.00. The first kappa shape index (κ1) is 12.3. The summed E-state index contributed by atoms with van der Waals surface area (Å²) in [6, 6.07) is 0. The maximum Gasteiger partial charge on any atom is 0.195 e. The van der Waals surface area contributed by atoms with Crippen LogP contribution in [0.1, 0.15) is 33.6 Å². The van der Waals surface area contributed by atoms with Crippen molar-refractivity contribution in [1.82, 2.24) is 4.90 Å². The van der Waals surface area contributed by atoms with Crippen LogP contribution in [-0.2, 0) is 4.79 Å². The number of rotatable bonds is 3. The number of carbonyl (C=O) groups excluding carboxylic acids is 1. The van der Waals surface area contributed by atoms with Crippen LogP contribution in [-0.4, -0.2) is 33.4 Å². The SMILES string of the molecule is CCCCN1C(=S)C(O)C(=O)C(C)=C1C. The minimum Gasteiger partial charge on any atom is -0.378 e. The average Bonchev–Trinajstić information content (AvgIpc) is 2.24. The van der Waals surface area contributed by atoms with Crippen LogP contribution < -0.4 is 0 Å². The fourth-order valence-electron chi connectivity index (χ4n) is 1.60. The summed E-state index contributed by atoms with van der Waals surface area (Å²) in [4.78, 5) is 13.8. The number of allylic oxidation sites excluding steroid dienone is 1. The van der Waals surface area contributed by atoms with Gasteiger partial charge in [-0.3, -0.25) is 4.79 Å². The van der Waals surface area contributed by atoms with Gasteiger partial charge in [0.2, 0.25) is 0 Å². The number of ketones is 1. The molecular formula is C11H17NO2S. The molecule has 15 heavy (non-hydrogen) atoms. The largest absolute Gasteiger partial charge is 0.378 e. The van der Waals surface area contributed by atoms with Gasteiger partial charge >= 0.3 is 0 Å². The summed E-state index contributed by atoms with van der Waals surface area (Å²) in [7, 11) is 0. The van der Waals surface area contributed by atoms with Crippen LogP contribution in [0.25, 0.3) is 0 Å². The summed E-state index contributed by atoms with van der Waals surface area (Å²) in [6.45, 7) is 6.49. The molecule has 0 radical (unpaired) electrons. The molecular weight excluding hydrogens is 210 g/mol. The summed E-state index contributed by atoms with van der Waals surface area (Å²) >= 11 is 5.09. The predicted molar refractivity (Wildman–Crippen MR) is 63.6 cm³/mol. The molecule has 1 N–H and O–H groups in total. The van der Waals surface area contributed by atoms with E-state index in [-0.39, 0.29) is 5.78 Å². The summed E-state index contributed by atoms with van der Waals surface area (Å²) in [5.41, 5.74) is 1.50. The highest BCUT2D eigenvalue weighted by molar-refractivity contribution is 7.80. The molecule has 0 bridgehead atoms. The molecule has 0 aromatic rings. The van der Waals surface area contributed by atoms with Crippen LogP contribution >= 0.6 is 12.2 Å². The van der Waals surface area contributed by atoms with Crippen molar-refractivity contribution in [3.63, 3.8) is 0 Å². The molecule has 1 unspecified atom stereocenters. The maximum absolute atomic E-state index is 11.5. The van der Waals surface area contributed by atoms with Crippen LogP contribution in [0, 0.1) is 0 Å². The lowest BCUT2D eigenvalue weighted by molar-refractivity contribution is -0.121. The van der Waals surface area contributed by atoms with Gasteiger partial charge in [0.1, 0.15) is 4.99 Å². The van der Waals surface area contributed by atoms with E-state index in [4.69, 9.17) is 12.2 Å². The van der Waals surface area contributed by atoms with Gasteiger partial charge in [0.25, 0.3) is 0 Å². The van der Waals surface area contributed by atoms with Crippen molar-refractivity contribution in [2.24, 2.45) is 0 Å². The number of aliphatic hydroxyl groups is 1. The Balaban J connectivity index is 2.95. The molecule has 0 amide bonds. The number of hydrogen-bond donors (Lipinski definition) is 1. The van der Waals surface area contributed by atoms with E-state index >= 15 is 0 Å². The Bertz CT molecular complexity index is 323. The second kappa shape index (κ2) is 4.86. The van der Waals surface area contributed by atoms with E-state index in [1.54, 1.807) is 6.92 Å². The Morgan fingerprint density at radius 3 is 2.60 bits per heavy atom. The molecule has 3 nitrogen and oxygen atoms in total. The molecule has 1 rings (SSSR count). The van der Waals surface area contributed by atoms with Gasteiger partial charge in [0, 0.05) is 17.8 Å². The van der Waals surface area contributed by atoms with E-state index in [2.05, 4.69) is 6.92 Å². The molecule has 0 aromatic heterocycles. The second-order valence-corrected chi connectivity index (χ2v) is 4.24. The molecule has 0 aromatic carbocycles. The summed E-state index contributed by atoms with van der Waals surface area (Å²) in [6.07, 6.45) is 0.946. The third kappa shape index (κ3) is 2.26. The van der Waals surface area contributed by atoms with E-state index < -0.39 is 6.10 Å². The highest BCUT2D eigenvalue weighted by Gasteiger charge is 2.32. The van der Waals surface area contributed by atoms with Gasteiger partial charge in [-0.1, -0.05) is 25.6 Å². The summed E-state index contributed by atoms with van der Waals surface area (Å²) < 4.78 is 0. The standard InChI is InChI=1S/C11H17NO2S/c1-4-5-6-12-8(3)7(2)9(13)10(14)11(12)15/h10,14H,4-6H2,1-3H3.